The second-order valence-corrected chi connectivity index (χ2v) is 7.03. The second-order valence-electron chi connectivity index (χ2n) is 4.96. The summed E-state index contributed by atoms with van der Waals surface area (Å²) >= 11 is 5.51. The van der Waals surface area contributed by atoms with Crippen LogP contribution in [0.3, 0.4) is 0 Å². The summed E-state index contributed by atoms with van der Waals surface area (Å²) in [4.78, 5) is 2.47. The maximum absolute atomic E-state index is 3.51. The third kappa shape index (κ3) is 2.33. The first kappa shape index (κ1) is 11.8. The highest BCUT2D eigenvalue weighted by Gasteiger charge is 2.37. The number of benzene rings is 1. The van der Waals surface area contributed by atoms with E-state index in [9.17, 15) is 0 Å². The largest absolute Gasteiger partial charge is 0.305 e. The van der Waals surface area contributed by atoms with Gasteiger partial charge in [-0.1, -0.05) is 34.1 Å². The molecule has 3 atom stereocenters. The summed E-state index contributed by atoms with van der Waals surface area (Å²) in [5, 5.41) is 3.04. The Hall–Kier alpha value is -0.250. The molecule has 90 valence electrons. The van der Waals surface area contributed by atoms with Gasteiger partial charge in [-0.05, 0) is 36.1 Å². The molecule has 3 rings (SSSR count). The summed E-state index contributed by atoms with van der Waals surface area (Å²) in [6.45, 7) is 2.39. The Bertz CT molecular complexity index is 428. The molecule has 0 N–H and O–H groups in total. The lowest BCUT2D eigenvalue weighted by Gasteiger charge is -2.38. The van der Waals surface area contributed by atoms with Gasteiger partial charge >= 0.3 is 0 Å². The van der Waals surface area contributed by atoms with Gasteiger partial charge in [0.1, 0.15) is 0 Å². The molecule has 2 heterocycles. The SMILES string of the molecule is CN1CC2SC=CC2C(c2ccc(Br)cc2)C1. The number of thioether (sulfide) groups is 1. The molecule has 17 heavy (non-hydrogen) atoms. The first-order valence-electron chi connectivity index (χ1n) is 6.00. The lowest BCUT2D eigenvalue weighted by atomic mass is 9.81. The van der Waals surface area contributed by atoms with Crippen LogP contribution in [-0.2, 0) is 0 Å². The lowest BCUT2D eigenvalue weighted by molar-refractivity contribution is 0.224. The highest BCUT2D eigenvalue weighted by molar-refractivity contribution is 9.10. The Balaban J connectivity index is 1.89. The van der Waals surface area contributed by atoms with Crippen LogP contribution >= 0.6 is 27.7 Å². The quantitative estimate of drug-likeness (QED) is 0.778. The number of fused-ring (bicyclic) bond motifs is 1. The number of allylic oxidation sites excluding steroid dienone is 1. The fraction of sp³-hybridized carbons (Fsp3) is 0.429. The minimum Gasteiger partial charge on any atom is -0.305 e. The minimum absolute atomic E-state index is 0.651. The van der Waals surface area contributed by atoms with Crippen LogP contribution in [0.1, 0.15) is 11.5 Å². The van der Waals surface area contributed by atoms with Gasteiger partial charge in [-0.25, -0.2) is 0 Å². The molecule has 0 aromatic heterocycles. The van der Waals surface area contributed by atoms with Gasteiger partial charge in [-0.2, -0.15) is 0 Å². The summed E-state index contributed by atoms with van der Waals surface area (Å²) < 4.78 is 1.17. The molecule has 2 aliphatic heterocycles. The summed E-state index contributed by atoms with van der Waals surface area (Å²) in [6.07, 6.45) is 2.41. The monoisotopic (exact) mass is 309 g/mol. The highest BCUT2D eigenvalue weighted by atomic mass is 79.9. The molecule has 0 aliphatic carbocycles. The van der Waals surface area contributed by atoms with E-state index < -0.39 is 0 Å². The van der Waals surface area contributed by atoms with E-state index in [2.05, 4.69) is 63.6 Å². The zero-order valence-electron chi connectivity index (χ0n) is 9.84. The van der Waals surface area contributed by atoms with E-state index in [4.69, 9.17) is 0 Å². The van der Waals surface area contributed by atoms with Gasteiger partial charge in [0, 0.05) is 28.7 Å². The molecular formula is C14H16BrNS. The number of hydrogen-bond donors (Lipinski definition) is 0. The first-order valence-corrected chi connectivity index (χ1v) is 7.74. The molecule has 0 amide bonds. The van der Waals surface area contributed by atoms with E-state index in [0.29, 0.717) is 5.92 Å². The molecule has 1 aromatic rings. The minimum atomic E-state index is 0.651. The maximum atomic E-state index is 3.51. The van der Waals surface area contributed by atoms with Gasteiger partial charge in [0.25, 0.3) is 0 Å². The Kier molecular flexibility index (Phi) is 3.33. The van der Waals surface area contributed by atoms with Gasteiger partial charge in [0.2, 0.25) is 0 Å². The molecule has 0 bridgehead atoms. The van der Waals surface area contributed by atoms with Crippen LogP contribution in [0.4, 0.5) is 0 Å². The average molecular weight is 310 g/mol. The standard InChI is InChI=1S/C14H16BrNS/c1-16-8-13(10-2-4-11(15)5-3-10)12-6-7-17-14(12)9-16/h2-7,12-14H,8-9H2,1H3. The van der Waals surface area contributed by atoms with Crippen LogP contribution in [0, 0.1) is 5.92 Å². The van der Waals surface area contributed by atoms with Crippen molar-refractivity contribution in [2.45, 2.75) is 11.2 Å². The Morgan fingerprint density at radius 3 is 2.76 bits per heavy atom. The fourth-order valence-electron chi connectivity index (χ4n) is 2.89. The normalized spacial score (nSPS) is 32.7. The number of nitrogens with zero attached hydrogens (tertiary/aromatic N) is 1. The van der Waals surface area contributed by atoms with Crippen LogP contribution < -0.4 is 0 Å². The van der Waals surface area contributed by atoms with Crippen molar-refractivity contribution in [2.24, 2.45) is 5.92 Å². The molecule has 1 fully saturated rings. The van der Waals surface area contributed by atoms with E-state index in [0.717, 1.165) is 11.2 Å². The van der Waals surface area contributed by atoms with Crippen molar-refractivity contribution in [1.29, 1.82) is 0 Å². The maximum Gasteiger partial charge on any atom is 0.0285 e. The lowest BCUT2D eigenvalue weighted by Crippen LogP contribution is -2.43. The second kappa shape index (κ2) is 4.79. The number of halogens is 1. The number of likely N-dealkylation sites (tertiary alicyclic amines) is 1. The molecule has 0 spiro atoms. The van der Waals surface area contributed by atoms with Crippen LogP contribution in [0.5, 0.6) is 0 Å². The molecule has 2 aliphatic rings. The van der Waals surface area contributed by atoms with E-state index in [1.165, 1.54) is 23.1 Å². The van der Waals surface area contributed by atoms with Gasteiger partial charge < -0.3 is 4.90 Å². The predicted molar refractivity (Wildman–Crippen MR) is 78.4 cm³/mol. The van der Waals surface area contributed by atoms with Crippen molar-refractivity contribution in [3.05, 3.63) is 45.8 Å². The van der Waals surface area contributed by atoms with Gasteiger partial charge in [-0.15, -0.1) is 11.8 Å². The van der Waals surface area contributed by atoms with Crippen LogP contribution in [0.15, 0.2) is 40.2 Å². The van der Waals surface area contributed by atoms with Crippen LogP contribution in [0.2, 0.25) is 0 Å². The van der Waals surface area contributed by atoms with E-state index in [1.807, 2.05) is 11.8 Å². The van der Waals surface area contributed by atoms with E-state index in [-0.39, 0.29) is 0 Å². The van der Waals surface area contributed by atoms with Crippen molar-refractivity contribution >= 4 is 27.7 Å². The zero-order chi connectivity index (χ0) is 11.8. The van der Waals surface area contributed by atoms with Gasteiger partial charge in [-0.3, -0.25) is 0 Å². The van der Waals surface area contributed by atoms with Crippen molar-refractivity contribution in [3.8, 4) is 0 Å². The molecule has 3 heteroatoms. The fourth-order valence-corrected chi connectivity index (χ4v) is 4.43. The summed E-state index contributed by atoms with van der Waals surface area (Å²) in [7, 11) is 2.24. The van der Waals surface area contributed by atoms with E-state index in [1.54, 1.807) is 0 Å². The number of piperidine rings is 1. The zero-order valence-corrected chi connectivity index (χ0v) is 12.2. The summed E-state index contributed by atoms with van der Waals surface area (Å²) in [5.74, 6) is 1.37. The van der Waals surface area contributed by atoms with Crippen molar-refractivity contribution < 1.29 is 0 Å². The smallest absolute Gasteiger partial charge is 0.0285 e. The molecule has 1 saturated heterocycles. The average Bonchev–Trinajstić information content (AvgIpc) is 2.77. The topological polar surface area (TPSA) is 3.24 Å². The first-order chi connectivity index (χ1) is 8.24. The van der Waals surface area contributed by atoms with Gasteiger partial charge in [0.05, 0.1) is 0 Å². The molecule has 1 aromatic carbocycles. The van der Waals surface area contributed by atoms with Crippen molar-refractivity contribution in [1.82, 2.24) is 4.90 Å². The molecule has 1 nitrogen and oxygen atoms in total. The van der Waals surface area contributed by atoms with Crippen molar-refractivity contribution in [2.75, 3.05) is 20.1 Å². The van der Waals surface area contributed by atoms with Crippen LogP contribution in [0.25, 0.3) is 0 Å². The van der Waals surface area contributed by atoms with Gasteiger partial charge in [0.15, 0.2) is 0 Å². The summed E-state index contributed by atoms with van der Waals surface area (Å²) in [5.41, 5.74) is 1.47. The van der Waals surface area contributed by atoms with E-state index >= 15 is 0 Å². The Morgan fingerprint density at radius 2 is 2.00 bits per heavy atom. The summed E-state index contributed by atoms with van der Waals surface area (Å²) in [6, 6.07) is 8.85. The van der Waals surface area contributed by atoms with Crippen molar-refractivity contribution in [3.63, 3.8) is 0 Å². The number of hydrogen-bond acceptors (Lipinski definition) is 2. The predicted octanol–water partition coefficient (Wildman–Crippen LogP) is 3.72. The number of likely N-dealkylation sites (N-methyl/N-ethyl adjacent to an activating group) is 1. The van der Waals surface area contributed by atoms with Crippen LogP contribution in [-0.4, -0.2) is 30.3 Å². The number of rotatable bonds is 1. The molecule has 3 unspecified atom stereocenters. The Morgan fingerprint density at radius 1 is 1.24 bits per heavy atom. The molecule has 0 radical (unpaired) electrons. The third-order valence-electron chi connectivity index (χ3n) is 3.75. The molecule has 0 saturated carbocycles. The third-order valence-corrected chi connectivity index (χ3v) is 5.40. The highest BCUT2D eigenvalue weighted by Crippen LogP contribution is 2.43. The molecular weight excluding hydrogens is 294 g/mol. The Labute approximate surface area is 115 Å².